The Hall–Kier alpha value is -1.17. The summed E-state index contributed by atoms with van der Waals surface area (Å²) in [6, 6.07) is -0.234. The van der Waals surface area contributed by atoms with Gasteiger partial charge in [-0.25, -0.2) is 17.9 Å². The van der Waals surface area contributed by atoms with Crippen LogP contribution in [0.25, 0.3) is 0 Å². The zero-order valence-corrected chi connectivity index (χ0v) is 17.0. The number of hydrogen-bond donors (Lipinski definition) is 1. The number of nitrogens with zero attached hydrogens (tertiary/aromatic N) is 4. The van der Waals surface area contributed by atoms with Gasteiger partial charge in [0.15, 0.2) is 0 Å². The van der Waals surface area contributed by atoms with Gasteiger partial charge >= 0.3 is 6.03 Å². The molecule has 1 aliphatic rings. The fraction of sp³-hybridized carbons (Fsp3) is 0.643. The molecule has 1 aliphatic heterocycles. The van der Waals surface area contributed by atoms with E-state index in [9.17, 15) is 13.2 Å². The monoisotopic (exact) mass is 405 g/mol. The first-order valence-electron chi connectivity index (χ1n) is 8.04. The highest BCUT2D eigenvalue weighted by Crippen LogP contribution is 2.25. The summed E-state index contributed by atoms with van der Waals surface area (Å²) in [6.45, 7) is 4.88. The Labute approximate surface area is 156 Å². The second-order valence-electron chi connectivity index (χ2n) is 5.47. The Morgan fingerprint density at radius 2 is 2.08 bits per heavy atom. The van der Waals surface area contributed by atoms with Crippen LogP contribution in [0.3, 0.4) is 0 Å². The van der Waals surface area contributed by atoms with Gasteiger partial charge in [-0.05, 0) is 43.4 Å². The Morgan fingerprint density at radius 3 is 2.68 bits per heavy atom. The minimum atomic E-state index is -3.74. The maximum absolute atomic E-state index is 12.4. The molecule has 2 amide bonds. The number of nitrogens with one attached hydrogen (secondary N) is 1. The molecule has 0 aliphatic carbocycles. The van der Waals surface area contributed by atoms with E-state index in [1.165, 1.54) is 9.80 Å². The fourth-order valence-electron chi connectivity index (χ4n) is 2.11. The summed E-state index contributed by atoms with van der Waals surface area (Å²) in [4.78, 5) is 15.3. The average molecular weight is 406 g/mol. The van der Waals surface area contributed by atoms with E-state index in [-0.39, 0.29) is 22.0 Å². The molecule has 25 heavy (non-hydrogen) atoms. The number of hydrogen-bond acceptors (Lipinski definition) is 7. The predicted molar refractivity (Wildman–Crippen MR) is 102 cm³/mol. The number of thioether (sulfide) groups is 1. The number of aromatic nitrogens is 2. The van der Waals surface area contributed by atoms with E-state index >= 15 is 0 Å². The van der Waals surface area contributed by atoms with Crippen molar-refractivity contribution in [1.29, 1.82) is 0 Å². The third-order valence-corrected chi connectivity index (χ3v) is 7.44. The summed E-state index contributed by atoms with van der Waals surface area (Å²) in [5, 5.41) is 9.95. The molecule has 0 aromatic carbocycles. The topological polar surface area (TPSA) is 95.5 Å². The molecule has 11 heteroatoms. The Bertz CT molecular complexity index is 732. The van der Waals surface area contributed by atoms with E-state index in [1.807, 2.05) is 19.3 Å². The van der Waals surface area contributed by atoms with E-state index in [1.54, 1.807) is 18.8 Å². The van der Waals surface area contributed by atoms with Gasteiger partial charge in [0.25, 0.3) is 10.0 Å². The van der Waals surface area contributed by atoms with Crippen LogP contribution < -0.4 is 9.62 Å². The number of anilines is 1. The largest absolute Gasteiger partial charge is 0.328 e. The Morgan fingerprint density at radius 1 is 1.32 bits per heavy atom. The lowest BCUT2D eigenvalue weighted by molar-refractivity contribution is 0.218. The van der Waals surface area contributed by atoms with Gasteiger partial charge in [0.05, 0.1) is 0 Å². The molecule has 1 aromatic heterocycles. The molecular weight excluding hydrogens is 382 g/mol. The van der Waals surface area contributed by atoms with Gasteiger partial charge < -0.3 is 4.90 Å². The quantitative estimate of drug-likeness (QED) is 0.698. The van der Waals surface area contributed by atoms with E-state index < -0.39 is 10.0 Å². The van der Waals surface area contributed by atoms with Gasteiger partial charge in [-0.2, -0.15) is 0 Å². The molecular formula is C14H23N5O3S3. The molecule has 140 valence electrons. The van der Waals surface area contributed by atoms with Crippen molar-refractivity contribution in [3.63, 3.8) is 0 Å². The van der Waals surface area contributed by atoms with Crippen LogP contribution in [0, 0.1) is 0 Å². The van der Waals surface area contributed by atoms with Crippen molar-refractivity contribution in [1.82, 2.24) is 19.8 Å². The van der Waals surface area contributed by atoms with Gasteiger partial charge in [0, 0.05) is 26.7 Å². The fourth-order valence-corrected chi connectivity index (χ4v) is 5.10. The van der Waals surface area contributed by atoms with Crippen LogP contribution in [0.1, 0.15) is 26.7 Å². The zero-order valence-electron chi connectivity index (χ0n) is 14.6. The number of rotatable bonds is 7. The van der Waals surface area contributed by atoms with Crippen molar-refractivity contribution >= 4 is 44.3 Å². The van der Waals surface area contributed by atoms with Crippen LogP contribution in [0.2, 0.25) is 0 Å². The van der Waals surface area contributed by atoms with Crippen molar-refractivity contribution in [2.75, 3.05) is 37.3 Å². The van der Waals surface area contributed by atoms with Gasteiger partial charge in [-0.1, -0.05) is 11.3 Å². The van der Waals surface area contributed by atoms with Crippen LogP contribution in [0.4, 0.5) is 9.93 Å². The summed E-state index contributed by atoms with van der Waals surface area (Å²) >= 11 is 2.59. The van der Waals surface area contributed by atoms with Crippen LogP contribution in [-0.4, -0.2) is 62.0 Å². The van der Waals surface area contributed by atoms with E-state index in [4.69, 9.17) is 0 Å². The highest BCUT2D eigenvalue weighted by Gasteiger charge is 2.25. The van der Waals surface area contributed by atoms with Crippen molar-refractivity contribution in [3.05, 3.63) is 11.0 Å². The summed E-state index contributed by atoms with van der Waals surface area (Å²) < 4.78 is 27.3. The summed E-state index contributed by atoms with van der Waals surface area (Å²) in [5.41, 5.74) is 1.07. The maximum Gasteiger partial charge on any atom is 0.326 e. The van der Waals surface area contributed by atoms with Gasteiger partial charge in [-0.3, -0.25) is 4.90 Å². The summed E-state index contributed by atoms with van der Waals surface area (Å²) in [6.07, 6.45) is 1.96. The number of sulfonamides is 1. The normalized spacial score (nSPS) is 14.9. The standard InChI is InChI=1S/C14H23N5O3S3/c1-4-18(3)14(20)19(5-2)12-16-17-13(24-12)25(21,22)15-9-11-7-6-8-23-10-11/h10,15H,4-9H2,1-3H3. The number of carbonyl (C=O) groups is 1. The Balaban J connectivity index is 2.10. The third kappa shape index (κ3) is 5.16. The van der Waals surface area contributed by atoms with Crippen molar-refractivity contribution in [2.45, 2.75) is 31.0 Å². The van der Waals surface area contributed by atoms with Crippen LogP contribution in [0.5, 0.6) is 0 Å². The maximum atomic E-state index is 12.4. The van der Waals surface area contributed by atoms with Crippen LogP contribution >= 0.6 is 23.1 Å². The number of urea groups is 1. The molecule has 2 rings (SSSR count). The van der Waals surface area contributed by atoms with Crippen molar-refractivity contribution < 1.29 is 13.2 Å². The first-order valence-corrected chi connectivity index (χ1v) is 11.4. The van der Waals surface area contributed by atoms with E-state index in [2.05, 4.69) is 14.9 Å². The molecule has 0 atom stereocenters. The van der Waals surface area contributed by atoms with Gasteiger partial charge in [0.1, 0.15) is 0 Å². The van der Waals surface area contributed by atoms with E-state index in [0.29, 0.717) is 13.1 Å². The molecule has 0 radical (unpaired) electrons. The predicted octanol–water partition coefficient (Wildman–Crippen LogP) is 2.13. The molecule has 0 bridgehead atoms. The minimum absolute atomic E-state index is 0.128. The first-order chi connectivity index (χ1) is 11.9. The molecule has 0 saturated carbocycles. The molecule has 0 fully saturated rings. The molecule has 0 saturated heterocycles. The molecule has 1 N–H and O–H groups in total. The lowest BCUT2D eigenvalue weighted by Crippen LogP contribution is -2.41. The molecule has 0 unspecified atom stereocenters. The number of amides is 2. The summed E-state index contributed by atoms with van der Waals surface area (Å²) in [7, 11) is -2.06. The summed E-state index contributed by atoms with van der Waals surface area (Å²) in [5.74, 6) is 1.07. The second-order valence-corrected chi connectivity index (χ2v) is 9.34. The van der Waals surface area contributed by atoms with Gasteiger partial charge in [0.2, 0.25) is 9.47 Å². The van der Waals surface area contributed by atoms with E-state index in [0.717, 1.165) is 35.5 Å². The lowest BCUT2D eigenvalue weighted by Gasteiger charge is -2.23. The Kier molecular flexibility index (Phi) is 7.23. The lowest BCUT2D eigenvalue weighted by atomic mass is 10.2. The zero-order chi connectivity index (χ0) is 18.4. The average Bonchev–Trinajstić information content (AvgIpc) is 3.11. The van der Waals surface area contributed by atoms with Crippen LogP contribution in [-0.2, 0) is 10.0 Å². The molecule has 8 nitrogen and oxygen atoms in total. The van der Waals surface area contributed by atoms with Gasteiger partial charge in [-0.15, -0.1) is 22.0 Å². The highest BCUT2D eigenvalue weighted by atomic mass is 32.2. The second kappa shape index (κ2) is 8.97. The SMILES string of the molecule is CCN(C)C(=O)N(CC)c1nnc(S(=O)(=O)NCC2=CSCCC2)s1. The van der Waals surface area contributed by atoms with Crippen molar-refractivity contribution in [2.24, 2.45) is 0 Å². The molecule has 2 heterocycles. The number of carbonyl (C=O) groups excluding carboxylic acids is 1. The smallest absolute Gasteiger partial charge is 0.326 e. The molecule has 1 aromatic rings. The molecule has 0 spiro atoms. The van der Waals surface area contributed by atoms with Crippen molar-refractivity contribution in [3.8, 4) is 0 Å². The van der Waals surface area contributed by atoms with Crippen LogP contribution in [0.15, 0.2) is 15.3 Å². The minimum Gasteiger partial charge on any atom is -0.328 e. The third-order valence-electron chi connectivity index (χ3n) is 3.70. The first kappa shape index (κ1) is 20.1. The highest BCUT2D eigenvalue weighted by molar-refractivity contribution is 8.02.